The fraction of sp³-hybridized carbons (Fsp3) is 0.781. The summed E-state index contributed by atoms with van der Waals surface area (Å²) in [4.78, 5) is 14.6. The lowest BCUT2D eigenvalue weighted by molar-refractivity contribution is -0.174. The maximum Gasteiger partial charge on any atom is 0.227 e. The van der Waals surface area contributed by atoms with E-state index in [4.69, 9.17) is 0 Å². The van der Waals surface area contributed by atoms with Crippen LogP contribution in [-0.4, -0.2) is 34.9 Å². The number of aliphatic hydroxyl groups excluding tert-OH is 2. The third-order valence-corrected chi connectivity index (χ3v) is 12.6. The van der Waals surface area contributed by atoms with Gasteiger partial charge in [-0.2, -0.15) is 0 Å². The van der Waals surface area contributed by atoms with Crippen LogP contribution in [0.3, 0.4) is 0 Å². The number of benzene rings is 1. The second kappa shape index (κ2) is 9.54. The van der Waals surface area contributed by atoms with E-state index < -0.39 is 11.6 Å². The Morgan fingerprint density at radius 1 is 1.03 bits per heavy atom. The van der Waals surface area contributed by atoms with Crippen molar-refractivity contribution in [3.63, 3.8) is 0 Å². The van der Waals surface area contributed by atoms with Gasteiger partial charge >= 0.3 is 0 Å². The van der Waals surface area contributed by atoms with E-state index in [1.54, 1.807) is 0 Å². The van der Waals surface area contributed by atoms with Gasteiger partial charge in [0.15, 0.2) is 0 Å². The fourth-order valence-corrected chi connectivity index (χ4v) is 10.6. The average Bonchev–Trinajstić information content (AvgIpc) is 3.48. The number of carbonyl (C=O) groups excluding carboxylic acids is 1. The molecule has 1 aromatic carbocycles. The van der Waals surface area contributed by atoms with E-state index in [0.29, 0.717) is 60.5 Å². The Balaban J connectivity index is 1.14. The molecule has 4 aliphatic carbocycles. The van der Waals surface area contributed by atoms with Crippen molar-refractivity contribution in [3.8, 4) is 0 Å². The molecule has 4 nitrogen and oxygen atoms in total. The van der Waals surface area contributed by atoms with E-state index in [1.165, 1.54) is 11.3 Å². The minimum absolute atomic E-state index is 0.107. The third-order valence-electron chi connectivity index (χ3n) is 12.6. The number of hydrogen-bond acceptors (Lipinski definition) is 3. The van der Waals surface area contributed by atoms with E-state index in [9.17, 15) is 23.8 Å². The number of rotatable bonds is 4. The highest BCUT2D eigenvalue weighted by molar-refractivity contribution is 5.95. The molecule has 4 fully saturated rings. The van der Waals surface area contributed by atoms with Crippen molar-refractivity contribution in [2.24, 2.45) is 46.3 Å². The van der Waals surface area contributed by atoms with Gasteiger partial charge < -0.3 is 15.1 Å². The largest absolute Gasteiger partial charge is 0.393 e. The van der Waals surface area contributed by atoms with Gasteiger partial charge in [-0.25, -0.2) is 8.78 Å². The molecule has 0 saturated heterocycles. The van der Waals surface area contributed by atoms with Crippen molar-refractivity contribution in [3.05, 3.63) is 29.3 Å². The lowest BCUT2D eigenvalue weighted by atomic mass is 9.43. The second-order valence-electron chi connectivity index (χ2n) is 14.1. The zero-order valence-corrected chi connectivity index (χ0v) is 23.3. The van der Waals surface area contributed by atoms with Crippen LogP contribution in [0.25, 0.3) is 0 Å². The van der Waals surface area contributed by atoms with Gasteiger partial charge in [0.05, 0.1) is 17.9 Å². The van der Waals surface area contributed by atoms with Crippen LogP contribution in [0.2, 0.25) is 0 Å². The molecule has 1 aliphatic heterocycles. The Hall–Kier alpha value is -1.53. The summed E-state index contributed by atoms with van der Waals surface area (Å²) in [7, 11) is 0. The number of aliphatic hydroxyl groups is 2. The van der Waals surface area contributed by atoms with Crippen molar-refractivity contribution in [2.45, 2.75) is 104 Å². The van der Waals surface area contributed by atoms with Crippen LogP contribution in [0.5, 0.6) is 0 Å². The highest BCUT2D eigenvalue weighted by Crippen LogP contribution is 2.68. The van der Waals surface area contributed by atoms with Crippen molar-refractivity contribution in [2.75, 3.05) is 11.4 Å². The van der Waals surface area contributed by atoms with E-state index in [1.807, 2.05) is 0 Å². The minimum Gasteiger partial charge on any atom is -0.393 e. The number of nitrogens with zero attached hydrogens (tertiary/aromatic N) is 1. The van der Waals surface area contributed by atoms with Crippen LogP contribution in [0.1, 0.15) is 90.5 Å². The molecule has 38 heavy (non-hydrogen) atoms. The lowest BCUT2D eigenvalue weighted by Gasteiger charge is -2.62. The summed E-state index contributed by atoms with van der Waals surface area (Å²) in [5.74, 6) is 1.61. The van der Waals surface area contributed by atoms with Gasteiger partial charge in [-0.3, -0.25) is 4.79 Å². The molecule has 4 saturated carbocycles. The molecular weight excluding hydrogens is 484 g/mol. The number of hydrogen-bond donors (Lipinski definition) is 2. The number of anilines is 1. The summed E-state index contributed by atoms with van der Waals surface area (Å²) < 4.78 is 28.7. The van der Waals surface area contributed by atoms with Crippen LogP contribution in [-0.2, 0) is 11.2 Å². The summed E-state index contributed by atoms with van der Waals surface area (Å²) in [6.07, 6.45) is 9.20. The van der Waals surface area contributed by atoms with Crippen LogP contribution in [0, 0.1) is 58.0 Å². The molecule has 10 atom stereocenters. The predicted molar refractivity (Wildman–Crippen MR) is 143 cm³/mol. The first-order valence-corrected chi connectivity index (χ1v) is 15.2. The average molecular weight is 530 g/mol. The maximum absolute atomic E-state index is 14.5. The van der Waals surface area contributed by atoms with Crippen molar-refractivity contribution in [1.29, 1.82) is 0 Å². The Kier molecular flexibility index (Phi) is 6.70. The first kappa shape index (κ1) is 26.7. The first-order valence-electron chi connectivity index (χ1n) is 15.2. The summed E-state index contributed by atoms with van der Waals surface area (Å²) in [5.41, 5.74) is 0.852. The van der Waals surface area contributed by atoms with Gasteiger partial charge in [0.1, 0.15) is 11.6 Å². The van der Waals surface area contributed by atoms with Gasteiger partial charge in [0.2, 0.25) is 5.91 Å². The number of amides is 1. The molecule has 1 heterocycles. The van der Waals surface area contributed by atoms with Gasteiger partial charge in [0, 0.05) is 18.5 Å². The zero-order valence-electron chi connectivity index (χ0n) is 23.3. The van der Waals surface area contributed by atoms with Crippen molar-refractivity contribution in [1.82, 2.24) is 0 Å². The lowest BCUT2D eigenvalue weighted by Crippen LogP contribution is -2.58. The molecule has 210 valence electrons. The Labute approximate surface area is 226 Å². The Morgan fingerprint density at radius 2 is 1.74 bits per heavy atom. The van der Waals surface area contributed by atoms with Crippen LogP contribution < -0.4 is 4.90 Å². The maximum atomic E-state index is 14.5. The number of fused-ring (bicyclic) bond motifs is 6. The topological polar surface area (TPSA) is 60.8 Å². The first-order chi connectivity index (χ1) is 18.0. The quantitative estimate of drug-likeness (QED) is 0.484. The molecule has 5 aliphatic rings. The van der Waals surface area contributed by atoms with Gasteiger partial charge in [-0.05, 0) is 123 Å². The summed E-state index contributed by atoms with van der Waals surface area (Å²) >= 11 is 0. The van der Waals surface area contributed by atoms with Crippen LogP contribution >= 0.6 is 0 Å². The zero-order chi connectivity index (χ0) is 27.0. The Morgan fingerprint density at radius 3 is 2.53 bits per heavy atom. The van der Waals surface area contributed by atoms with E-state index in [0.717, 1.165) is 63.5 Å². The monoisotopic (exact) mass is 529 g/mol. The molecule has 2 N–H and O–H groups in total. The van der Waals surface area contributed by atoms with Crippen molar-refractivity contribution < 1.29 is 23.8 Å². The summed E-state index contributed by atoms with van der Waals surface area (Å²) in [6, 6.07) is 2.27. The van der Waals surface area contributed by atoms with Crippen molar-refractivity contribution >= 4 is 11.6 Å². The van der Waals surface area contributed by atoms with E-state index >= 15 is 0 Å². The molecule has 0 aromatic heterocycles. The van der Waals surface area contributed by atoms with Crippen LogP contribution in [0.15, 0.2) is 12.1 Å². The molecule has 1 aromatic rings. The molecule has 6 rings (SSSR count). The molecule has 0 radical (unpaired) electrons. The third kappa shape index (κ3) is 3.98. The van der Waals surface area contributed by atoms with Gasteiger partial charge in [0.25, 0.3) is 0 Å². The predicted octanol–water partition coefficient (Wildman–Crippen LogP) is 6.26. The van der Waals surface area contributed by atoms with Gasteiger partial charge in [-0.1, -0.05) is 20.8 Å². The molecule has 6 heteroatoms. The summed E-state index contributed by atoms with van der Waals surface area (Å²) in [6.45, 7) is 7.51. The van der Waals surface area contributed by atoms with E-state index in [2.05, 4.69) is 20.8 Å². The minimum atomic E-state index is -0.516. The highest BCUT2D eigenvalue weighted by Gasteiger charge is 2.62. The molecule has 0 spiro atoms. The number of halogens is 2. The smallest absolute Gasteiger partial charge is 0.227 e. The number of carbonyl (C=O) groups is 1. The van der Waals surface area contributed by atoms with Gasteiger partial charge in [-0.15, -0.1) is 0 Å². The SMILES string of the molecule is C[C@H](CCC(=O)N1CCc2c(F)ccc(F)c21)[C@H]1CC[C@H]2[C@@H]3[C@@H](O)C[C@@H]4C[C@H](O)CC[C@]4(C)[C@H]3CC[C@]12C. The van der Waals surface area contributed by atoms with E-state index in [-0.39, 0.29) is 34.6 Å². The standard InChI is InChI=1S/C32H45F2NO3/c1-18(4-9-28(38)35-15-12-21-25(33)7-8-26(34)30(21)35)22-5-6-23-29-24(11-14-32(22,23)3)31(2)13-10-20(36)16-19(31)17-27(29)37/h7-8,18-20,22-24,27,29,36-37H,4-6,9-17H2,1-3H3/t18-,19+,20-,22-,23+,24+,27+,29+,31+,32-/m1/s1. The normalized spacial score (nSPS) is 42.7. The Bertz CT molecular complexity index is 1090. The molecule has 0 bridgehead atoms. The molecular formula is C32H45F2NO3. The fourth-order valence-electron chi connectivity index (χ4n) is 10.6. The highest BCUT2D eigenvalue weighted by atomic mass is 19.1. The summed E-state index contributed by atoms with van der Waals surface area (Å²) in [5, 5.41) is 21.8. The molecule has 1 amide bonds. The van der Waals surface area contributed by atoms with Crippen LogP contribution in [0.4, 0.5) is 14.5 Å². The molecule has 0 unspecified atom stereocenters. The second-order valence-corrected chi connectivity index (χ2v) is 14.1.